The van der Waals surface area contributed by atoms with Crippen molar-refractivity contribution in [3.63, 3.8) is 0 Å². The average Bonchev–Trinajstić information content (AvgIpc) is 2.64. The third-order valence-electron chi connectivity index (χ3n) is 2.25. The van der Waals surface area contributed by atoms with Crippen LogP contribution in [0.5, 0.6) is 0 Å². The number of aromatic nitrogens is 2. The minimum atomic E-state index is -0.935. The summed E-state index contributed by atoms with van der Waals surface area (Å²) in [4.78, 5) is 15.6. The molecule has 90 valence electrons. The quantitative estimate of drug-likeness (QED) is 0.848. The number of pyridine rings is 1. The van der Waals surface area contributed by atoms with Crippen LogP contribution >= 0.6 is 11.8 Å². The van der Waals surface area contributed by atoms with Crippen LogP contribution in [-0.4, -0.2) is 26.2 Å². The molecule has 2 aromatic rings. The van der Waals surface area contributed by atoms with E-state index in [-0.39, 0.29) is 5.69 Å². The highest BCUT2D eigenvalue weighted by atomic mass is 32.2. The third kappa shape index (κ3) is 2.44. The SMILES string of the molecule is CC(C)CSc1nc2ccccn2c1C(=O)O. The minimum absolute atomic E-state index is 0.256. The predicted molar refractivity (Wildman–Crippen MR) is 67.7 cm³/mol. The molecule has 0 amide bonds. The maximum absolute atomic E-state index is 11.3. The molecular weight excluding hydrogens is 236 g/mol. The lowest BCUT2D eigenvalue weighted by Gasteiger charge is -2.02. The lowest BCUT2D eigenvalue weighted by molar-refractivity contribution is 0.0685. The highest BCUT2D eigenvalue weighted by molar-refractivity contribution is 7.99. The van der Waals surface area contributed by atoms with E-state index in [1.54, 1.807) is 16.7 Å². The van der Waals surface area contributed by atoms with E-state index in [1.807, 2.05) is 12.1 Å². The van der Waals surface area contributed by atoms with Crippen LogP contribution in [0.15, 0.2) is 29.4 Å². The molecular formula is C12H14N2O2S. The number of nitrogens with zero attached hydrogens (tertiary/aromatic N) is 2. The normalized spacial score (nSPS) is 11.2. The van der Waals surface area contributed by atoms with Crippen LogP contribution in [0, 0.1) is 5.92 Å². The number of carbonyl (C=O) groups is 1. The van der Waals surface area contributed by atoms with Crippen LogP contribution in [0.2, 0.25) is 0 Å². The Morgan fingerprint density at radius 2 is 2.29 bits per heavy atom. The van der Waals surface area contributed by atoms with Crippen LogP contribution in [0.1, 0.15) is 24.3 Å². The van der Waals surface area contributed by atoms with Gasteiger partial charge in [0.15, 0.2) is 5.69 Å². The van der Waals surface area contributed by atoms with Gasteiger partial charge in [-0.3, -0.25) is 4.40 Å². The fourth-order valence-corrected chi connectivity index (χ4v) is 2.49. The van der Waals surface area contributed by atoms with Crippen molar-refractivity contribution in [1.82, 2.24) is 9.38 Å². The highest BCUT2D eigenvalue weighted by Crippen LogP contribution is 2.25. The summed E-state index contributed by atoms with van der Waals surface area (Å²) < 4.78 is 1.62. The summed E-state index contributed by atoms with van der Waals surface area (Å²) >= 11 is 1.50. The van der Waals surface area contributed by atoms with E-state index < -0.39 is 5.97 Å². The van der Waals surface area contributed by atoms with Gasteiger partial charge in [-0.2, -0.15) is 0 Å². The summed E-state index contributed by atoms with van der Waals surface area (Å²) in [6.45, 7) is 4.20. The molecule has 5 heteroatoms. The number of thioether (sulfide) groups is 1. The minimum Gasteiger partial charge on any atom is -0.476 e. The molecule has 2 aromatic heterocycles. The van der Waals surface area contributed by atoms with E-state index in [2.05, 4.69) is 18.8 Å². The molecule has 0 fully saturated rings. The molecule has 0 atom stereocenters. The van der Waals surface area contributed by atoms with Crippen LogP contribution in [-0.2, 0) is 0 Å². The monoisotopic (exact) mass is 250 g/mol. The number of fused-ring (bicyclic) bond motifs is 1. The van der Waals surface area contributed by atoms with Crippen LogP contribution in [0.4, 0.5) is 0 Å². The summed E-state index contributed by atoms with van der Waals surface area (Å²) in [7, 11) is 0. The lowest BCUT2D eigenvalue weighted by Crippen LogP contribution is -2.03. The van der Waals surface area contributed by atoms with E-state index in [0.29, 0.717) is 16.6 Å². The van der Waals surface area contributed by atoms with Crippen molar-refractivity contribution < 1.29 is 9.90 Å². The van der Waals surface area contributed by atoms with E-state index in [0.717, 1.165) is 5.75 Å². The second-order valence-corrected chi connectivity index (χ2v) is 5.21. The Kier molecular flexibility index (Phi) is 3.38. The van der Waals surface area contributed by atoms with Gasteiger partial charge in [-0.1, -0.05) is 19.9 Å². The summed E-state index contributed by atoms with van der Waals surface area (Å²) in [5.41, 5.74) is 0.933. The summed E-state index contributed by atoms with van der Waals surface area (Å²) in [5.74, 6) is 0.436. The molecule has 0 bridgehead atoms. The fourth-order valence-electron chi connectivity index (χ4n) is 1.52. The van der Waals surface area contributed by atoms with E-state index >= 15 is 0 Å². The van der Waals surface area contributed by atoms with Crippen molar-refractivity contribution in [2.45, 2.75) is 18.9 Å². The van der Waals surface area contributed by atoms with Gasteiger partial charge < -0.3 is 5.11 Å². The molecule has 17 heavy (non-hydrogen) atoms. The van der Waals surface area contributed by atoms with Crippen LogP contribution < -0.4 is 0 Å². The zero-order valence-electron chi connectivity index (χ0n) is 9.75. The molecule has 0 spiro atoms. The van der Waals surface area contributed by atoms with Gasteiger partial charge in [0.05, 0.1) is 0 Å². The zero-order chi connectivity index (χ0) is 12.4. The van der Waals surface area contributed by atoms with Gasteiger partial charge in [-0.25, -0.2) is 9.78 Å². The Bertz CT molecular complexity index is 548. The molecule has 0 unspecified atom stereocenters. The van der Waals surface area contributed by atoms with Gasteiger partial charge in [0.25, 0.3) is 0 Å². The number of hydrogen-bond donors (Lipinski definition) is 1. The molecule has 2 rings (SSSR count). The lowest BCUT2D eigenvalue weighted by atomic mass is 10.3. The van der Waals surface area contributed by atoms with Crippen LogP contribution in [0.25, 0.3) is 5.65 Å². The molecule has 1 N–H and O–H groups in total. The van der Waals surface area contributed by atoms with Gasteiger partial charge in [0.1, 0.15) is 10.7 Å². The van der Waals surface area contributed by atoms with E-state index in [9.17, 15) is 9.90 Å². The number of carboxylic acid groups (broad SMARTS) is 1. The van der Waals surface area contributed by atoms with E-state index in [4.69, 9.17) is 0 Å². The van der Waals surface area contributed by atoms with Gasteiger partial charge in [-0.15, -0.1) is 11.8 Å². The van der Waals surface area contributed by atoms with Gasteiger partial charge in [0.2, 0.25) is 0 Å². The Hall–Kier alpha value is -1.49. The molecule has 2 heterocycles. The first-order chi connectivity index (χ1) is 8.09. The number of carboxylic acids is 1. The fraction of sp³-hybridized carbons (Fsp3) is 0.333. The molecule has 0 aliphatic rings. The third-order valence-corrected chi connectivity index (χ3v) is 3.65. The van der Waals surface area contributed by atoms with Crippen molar-refractivity contribution in [3.8, 4) is 0 Å². The molecule has 0 aliphatic carbocycles. The van der Waals surface area contributed by atoms with Gasteiger partial charge >= 0.3 is 5.97 Å². The molecule has 0 saturated carbocycles. The number of hydrogen-bond acceptors (Lipinski definition) is 3. The first kappa shape index (κ1) is 12.0. The van der Waals surface area contributed by atoms with E-state index in [1.165, 1.54) is 11.8 Å². The summed E-state index contributed by atoms with van der Waals surface area (Å²) in [6.07, 6.45) is 1.73. The molecule has 0 aromatic carbocycles. The van der Waals surface area contributed by atoms with Gasteiger partial charge in [0, 0.05) is 11.9 Å². The molecule has 0 aliphatic heterocycles. The van der Waals surface area contributed by atoms with Crippen molar-refractivity contribution in [1.29, 1.82) is 0 Å². The smallest absolute Gasteiger partial charge is 0.355 e. The summed E-state index contributed by atoms with van der Waals surface area (Å²) in [6, 6.07) is 5.47. The Labute approximate surface area is 104 Å². The van der Waals surface area contributed by atoms with Crippen molar-refractivity contribution in [2.75, 3.05) is 5.75 Å². The second-order valence-electron chi connectivity index (χ2n) is 4.20. The first-order valence-electron chi connectivity index (χ1n) is 5.42. The topological polar surface area (TPSA) is 54.6 Å². The number of aromatic carboxylic acids is 1. The van der Waals surface area contributed by atoms with Gasteiger partial charge in [-0.05, 0) is 18.1 Å². The highest BCUT2D eigenvalue weighted by Gasteiger charge is 2.18. The van der Waals surface area contributed by atoms with Crippen molar-refractivity contribution in [2.24, 2.45) is 5.92 Å². The molecule has 4 nitrogen and oxygen atoms in total. The Balaban J connectivity index is 2.46. The van der Waals surface area contributed by atoms with Crippen molar-refractivity contribution >= 4 is 23.4 Å². The molecule has 0 saturated heterocycles. The second kappa shape index (κ2) is 4.79. The molecule has 0 radical (unpaired) electrons. The number of rotatable bonds is 4. The first-order valence-corrected chi connectivity index (χ1v) is 6.41. The van der Waals surface area contributed by atoms with Crippen LogP contribution in [0.3, 0.4) is 0 Å². The zero-order valence-corrected chi connectivity index (χ0v) is 10.6. The van der Waals surface area contributed by atoms with Crippen molar-refractivity contribution in [3.05, 3.63) is 30.1 Å². The largest absolute Gasteiger partial charge is 0.476 e. The maximum atomic E-state index is 11.3. The average molecular weight is 250 g/mol. The number of imidazole rings is 1. The maximum Gasteiger partial charge on any atom is 0.355 e. The Morgan fingerprint density at radius 3 is 2.94 bits per heavy atom. The summed E-state index contributed by atoms with van der Waals surface area (Å²) in [5, 5.41) is 9.84. The predicted octanol–water partition coefficient (Wildman–Crippen LogP) is 2.78. The Morgan fingerprint density at radius 1 is 1.53 bits per heavy atom. The standard InChI is InChI=1S/C12H14N2O2S/c1-8(2)7-17-11-10(12(15)16)14-6-4-3-5-9(14)13-11/h3-6,8H,7H2,1-2H3,(H,15,16).